The summed E-state index contributed by atoms with van der Waals surface area (Å²) in [4.78, 5) is 8.72. The van der Waals surface area contributed by atoms with E-state index in [9.17, 15) is 0 Å². The molecule has 0 aliphatic carbocycles. The first kappa shape index (κ1) is 12.8. The Balaban J connectivity index is 1.92. The predicted molar refractivity (Wildman–Crippen MR) is 80.5 cm³/mol. The van der Waals surface area contributed by atoms with Gasteiger partial charge in [0.05, 0.1) is 23.4 Å². The Kier molecular flexibility index (Phi) is 3.48. The number of aryl methyl sites for hydroxylation is 1. The highest BCUT2D eigenvalue weighted by atomic mass is 15.1. The number of likely N-dealkylation sites (N-methyl/N-ethyl adjacent to an activating group) is 1. The molecular formula is C16H18N4. The van der Waals surface area contributed by atoms with Gasteiger partial charge < -0.3 is 9.88 Å². The van der Waals surface area contributed by atoms with Gasteiger partial charge in [-0.25, -0.2) is 4.98 Å². The first-order chi connectivity index (χ1) is 9.78. The highest BCUT2D eigenvalue weighted by Crippen LogP contribution is 2.19. The van der Waals surface area contributed by atoms with Crippen LogP contribution < -0.4 is 5.32 Å². The van der Waals surface area contributed by atoms with E-state index < -0.39 is 0 Å². The van der Waals surface area contributed by atoms with Crippen molar-refractivity contribution in [2.24, 2.45) is 0 Å². The predicted octanol–water partition coefficient (Wildman–Crippen LogP) is 2.70. The fourth-order valence-electron chi connectivity index (χ4n) is 2.48. The van der Waals surface area contributed by atoms with Gasteiger partial charge in [0, 0.05) is 18.9 Å². The zero-order valence-electron chi connectivity index (χ0n) is 11.7. The van der Waals surface area contributed by atoms with Gasteiger partial charge in [-0.1, -0.05) is 18.2 Å². The second-order valence-corrected chi connectivity index (χ2v) is 5.02. The molecule has 1 unspecified atom stereocenters. The summed E-state index contributed by atoms with van der Waals surface area (Å²) in [7, 11) is 1.98. The topological polar surface area (TPSA) is 42.7 Å². The van der Waals surface area contributed by atoms with Gasteiger partial charge in [-0.3, -0.25) is 4.98 Å². The average molecular weight is 266 g/mol. The summed E-state index contributed by atoms with van der Waals surface area (Å²) >= 11 is 0. The standard InChI is InChI=1S/C16H18N4/c1-12-7-13(9-18-8-12)15(17-2)10-20-11-19-14-5-3-4-6-16(14)20/h3-9,11,15,17H,10H2,1-2H3. The quantitative estimate of drug-likeness (QED) is 0.789. The number of rotatable bonds is 4. The maximum absolute atomic E-state index is 4.44. The van der Waals surface area contributed by atoms with Crippen molar-refractivity contribution in [3.8, 4) is 0 Å². The zero-order valence-corrected chi connectivity index (χ0v) is 11.7. The molecule has 4 heteroatoms. The second kappa shape index (κ2) is 5.43. The van der Waals surface area contributed by atoms with Crippen molar-refractivity contribution >= 4 is 11.0 Å². The number of para-hydroxylation sites is 2. The summed E-state index contributed by atoms with van der Waals surface area (Å²) in [6.45, 7) is 2.90. The average Bonchev–Trinajstić information content (AvgIpc) is 2.88. The van der Waals surface area contributed by atoms with Crippen LogP contribution in [0.15, 0.2) is 49.1 Å². The van der Waals surface area contributed by atoms with E-state index in [0.717, 1.165) is 17.6 Å². The molecule has 1 aromatic carbocycles. The molecule has 0 aliphatic heterocycles. The first-order valence-electron chi connectivity index (χ1n) is 6.76. The molecule has 0 saturated heterocycles. The number of fused-ring (bicyclic) bond motifs is 1. The van der Waals surface area contributed by atoms with E-state index in [1.54, 1.807) is 0 Å². The van der Waals surface area contributed by atoms with Crippen LogP contribution in [0.3, 0.4) is 0 Å². The molecule has 1 atom stereocenters. The smallest absolute Gasteiger partial charge is 0.0958 e. The summed E-state index contributed by atoms with van der Waals surface area (Å²) in [5, 5.41) is 3.36. The Labute approximate surface area is 118 Å². The third kappa shape index (κ3) is 2.42. The van der Waals surface area contributed by atoms with Crippen LogP contribution in [0.4, 0.5) is 0 Å². The van der Waals surface area contributed by atoms with Gasteiger partial charge in [0.15, 0.2) is 0 Å². The molecule has 2 heterocycles. The number of imidazole rings is 1. The Morgan fingerprint density at radius 1 is 1.25 bits per heavy atom. The minimum absolute atomic E-state index is 0.222. The number of benzene rings is 1. The Morgan fingerprint density at radius 2 is 2.10 bits per heavy atom. The maximum Gasteiger partial charge on any atom is 0.0958 e. The first-order valence-corrected chi connectivity index (χ1v) is 6.76. The summed E-state index contributed by atoms with van der Waals surface area (Å²) in [5.74, 6) is 0. The monoisotopic (exact) mass is 266 g/mol. The van der Waals surface area contributed by atoms with Gasteiger partial charge in [-0.05, 0) is 37.2 Å². The van der Waals surface area contributed by atoms with Crippen LogP contribution in [0.5, 0.6) is 0 Å². The molecule has 0 saturated carbocycles. The van der Waals surface area contributed by atoms with Crippen LogP contribution in [-0.2, 0) is 6.54 Å². The number of pyridine rings is 1. The summed E-state index contributed by atoms with van der Waals surface area (Å²) in [6.07, 6.45) is 5.70. The number of hydrogen-bond donors (Lipinski definition) is 1. The second-order valence-electron chi connectivity index (χ2n) is 5.02. The normalized spacial score (nSPS) is 12.7. The minimum atomic E-state index is 0.222. The van der Waals surface area contributed by atoms with E-state index in [-0.39, 0.29) is 6.04 Å². The van der Waals surface area contributed by atoms with Gasteiger partial charge in [0.1, 0.15) is 0 Å². The highest BCUT2D eigenvalue weighted by Gasteiger charge is 2.12. The summed E-state index contributed by atoms with van der Waals surface area (Å²) in [6, 6.07) is 10.6. The third-order valence-corrected chi connectivity index (χ3v) is 3.55. The van der Waals surface area contributed by atoms with Gasteiger partial charge >= 0.3 is 0 Å². The molecule has 0 fully saturated rings. The molecule has 3 aromatic rings. The van der Waals surface area contributed by atoms with E-state index in [2.05, 4.69) is 38.9 Å². The number of nitrogens with one attached hydrogen (secondary N) is 1. The number of nitrogens with zero attached hydrogens (tertiary/aromatic N) is 3. The Morgan fingerprint density at radius 3 is 2.90 bits per heavy atom. The lowest BCUT2D eigenvalue weighted by Crippen LogP contribution is -2.22. The van der Waals surface area contributed by atoms with E-state index in [4.69, 9.17) is 0 Å². The molecule has 4 nitrogen and oxygen atoms in total. The maximum atomic E-state index is 4.44. The van der Waals surface area contributed by atoms with Crippen molar-refractivity contribution in [3.63, 3.8) is 0 Å². The zero-order chi connectivity index (χ0) is 13.9. The van der Waals surface area contributed by atoms with Crippen molar-refractivity contribution in [3.05, 3.63) is 60.2 Å². The molecule has 0 radical (unpaired) electrons. The summed E-state index contributed by atoms with van der Waals surface area (Å²) < 4.78 is 2.18. The van der Waals surface area contributed by atoms with Crippen LogP contribution >= 0.6 is 0 Å². The van der Waals surface area contributed by atoms with Gasteiger partial charge in [-0.15, -0.1) is 0 Å². The van der Waals surface area contributed by atoms with Crippen LogP contribution in [0.2, 0.25) is 0 Å². The highest BCUT2D eigenvalue weighted by molar-refractivity contribution is 5.74. The van der Waals surface area contributed by atoms with E-state index in [1.165, 1.54) is 11.1 Å². The lowest BCUT2D eigenvalue weighted by molar-refractivity contribution is 0.506. The van der Waals surface area contributed by atoms with Crippen LogP contribution in [0.1, 0.15) is 17.2 Å². The van der Waals surface area contributed by atoms with Gasteiger partial charge in [0.2, 0.25) is 0 Å². The molecule has 2 aromatic heterocycles. The molecule has 3 rings (SSSR count). The van der Waals surface area contributed by atoms with E-state index in [1.807, 2.05) is 44.0 Å². The SMILES string of the molecule is CNC(Cn1cnc2ccccc21)c1cncc(C)c1. The molecule has 0 aliphatic rings. The van der Waals surface area contributed by atoms with Crippen LogP contribution in [0.25, 0.3) is 11.0 Å². The summed E-state index contributed by atoms with van der Waals surface area (Å²) in [5.41, 5.74) is 4.57. The number of hydrogen-bond acceptors (Lipinski definition) is 3. The van der Waals surface area contributed by atoms with Crippen molar-refractivity contribution < 1.29 is 0 Å². The Bertz CT molecular complexity index is 717. The molecule has 0 spiro atoms. The Hall–Kier alpha value is -2.20. The largest absolute Gasteiger partial charge is 0.329 e. The van der Waals surface area contributed by atoms with Crippen LogP contribution in [0, 0.1) is 6.92 Å². The molecule has 20 heavy (non-hydrogen) atoms. The molecular weight excluding hydrogens is 248 g/mol. The van der Waals surface area contributed by atoms with Gasteiger partial charge in [0.25, 0.3) is 0 Å². The minimum Gasteiger partial charge on any atom is -0.329 e. The van der Waals surface area contributed by atoms with Crippen molar-refractivity contribution in [1.82, 2.24) is 19.9 Å². The van der Waals surface area contributed by atoms with E-state index >= 15 is 0 Å². The molecule has 0 amide bonds. The van der Waals surface area contributed by atoms with Crippen molar-refractivity contribution in [1.29, 1.82) is 0 Å². The lowest BCUT2D eigenvalue weighted by Gasteiger charge is -2.18. The van der Waals surface area contributed by atoms with Crippen LogP contribution in [-0.4, -0.2) is 21.6 Å². The molecule has 0 bridgehead atoms. The lowest BCUT2D eigenvalue weighted by atomic mass is 10.1. The third-order valence-electron chi connectivity index (χ3n) is 3.55. The molecule has 1 N–H and O–H groups in total. The number of aromatic nitrogens is 3. The molecule has 102 valence electrons. The van der Waals surface area contributed by atoms with Crippen molar-refractivity contribution in [2.45, 2.75) is 19.5 Å². The fraction of sp³-hybridized carbons (Fsp3) is 0.250. The van der Waals surface area contributed by atoms with Crippen molar-refractivity contribution in [2.75, 3.05) is 7.05 Å². The van der Waals surface area contributed by atoms with Gasteiger partial charge in [-0.2, -0.15) is 0 Å². The fourth-order valence-corrected chi connectivity index (χ4v) is 2.48. The van der Waals surface area contributed by atoms with E-state index in [0.29, 0.717) is 0 Å².